The second-order valence-corrected chi connectivity index (χ2v) is 7.73. The number of hydrogen-bond donors (Lipinski definition) is 3. The van der Waals surface area contributed by atoms with Crippen LogP contribution in [-0.2, 0) is 0 Å². The van der Waals surface area contributed by atoms with E-state index in [0.717, 1.165) is 39.1 Å². The molecule has 1 aliphatic heterocycles. The van der Waals surface area contributed by atoms with Crippen molar-refractivity contribution in [3.05, 3.63) is 72.5 Å². The minimum atomic E-state index is -0.315. The molecule has 0 radical (unpaired) electrons. The van der Waals surface area contributed by atoms with Crippen LogP contribution in [0.1, 0.15) is 6.42 Å². The number of hydrogen-bond acceptors (Lipinski definition) is 2. The van der Waals surface area contributed by atoms with Gasteiger partial charge in [-0.25, -0.2) is 9.18 Å². The molecule has 5 nitrogen and oxygen atoms in total. The predicted molar refractivity (Wildman–Crippen MR) is 120 cm³/mol. The van der Waals surface area contributed by atoms with Crippen LogP contribution >= 0.6 is 0 Å². The highest BCUT2D eigenvalue weighted by Crippen LogP contribution is 2.26. The number of amides is 2. The Hall–Kier alpha value is -3.12. The van der Waals surface area contributed by atoms with Gasteiger partial charge >= 0.3 is 6.03 Å². The van der Waals surface area contributed by atoms with Gasteiger partial charge in [0.15, 0.2) is 0 Å². The fourth-order valence-corrected chi connectivity index (χ4v) is 4.05. The number of piperazine rings is 1. The van der Waals surface area contributed by atoms with Crippen LogP contribution in [0.4, 0.5) is 20.6 Å². The Bertz CT molecular complexity index is 979. The molecule has 3 aromatic carbocycles. The van der Waals surface area contributed by atoms with Crippen molar-refractivity contribution in [2.45, 2.75) is 6.42 Å². The third-order valence-corrected chi connectivity index (χ3v) is 5.67. The molecule has 1 fully saturated rings. The summed E-state index contributed by atoms with van der Waals surface area (Å²) >= 11 is 0. The molecule has 3 aromatic rings. The quantitative estimate of drug-likeness (QED) is 0.551. The monoisotopic (exact) mass is 407 g/mol. The van der Waals surface area contributed by atoms with E-state index < -0.39 is 0 Å². The standard InChI is InChI=1S/C24H27FN4O/c25-20-9-11-21(12-10-20)27-24(30)26-13-4-14-28-15-17-29(18-16-28)23-8-3-6-19-5-1-2-7-22(19)23/h1-3,5-12H,4,13-18H2,(H2,26,27,30)/p+1. The lowest BCUT2D eigenvalue weighted by atomic mass is 10.1. The first-order valence-corrected chi connectivity index (χ1v) is 10.6. The molecular weight excluding hydrogens is 379 g/mol. The maximum Gasteiger partial charge on any atom is 0.319 e. The van der Waals surface area contributed by atoms with Gasteiger partial charge in [-0.2, -0.15) is 0 Å². The predicted octanol–water partition coefficient (Wildman–Crippen LogP) is 2.90. The van der Waals surface area contributed by atoms with Crippen molar-refractivity contribution in [1.29, 1.82) is 0 Å². The van der Waals surface area contributed by atoms with Crippen LogP contribution in [0.3, 0.4) is 0 Å². The first-order valence-electron chi connectivity index (χ1n) is 10.6. The minimum absolute atomic E-state index is 0.252. The van der Waals surface area contributed by atoms with Gasteiger partial charge in [0.05, 0.1) is 32.7 Å². The lowest BCUT2D eigenvalue weighted by molar-refractivity contribution is -0.900. The number of fused-ring (bicyclic) bond motifs is 1. The number of benzene rings is 3. The smallest absolute Gasteiger partial charge is 0.319 e. The van der Waals surface area contributed by atoms with E-state index in [1.807, 2.05) is 0 Å². The number of nitrogens with zero attached hydrogens (tertiary/aromatic N) is 1. The Morgan fingerprint density at radius 2 is 1.70 bits per heavy atom. The van der Waals surface area contributed by atoms with Crippen molar-refractivity contribution in [2.75, 3.05) is 49.5 Å². The average molecular weight is 408 g/mol. The molecule has 0 saturated carbocycles. The van der Waals surface area contributed by atoms with Crippen LogP contribution in [0.2, 0.25) is 0 Å². The van der Waals surface area contributed by atoms with Gasteiger partial charge < -0.3 is 20.4 Å². The normalized spacial score (nSPS) is 14.6. The summed E-state index contributed by atoms with van der Waals surface area (Å²) in [5.74, 6) is -0.315. The molecule has 0 aliphatic carbocycles. The second-order valence-electron chi connectivity index (χ2n) is 7.73. The molecule has 156 valence electrons. The number of halogens is 1. The largest absolute Gasteiger partial charge is 0.360 e. The summed E-state index contributed by atoms with van der Waals surface area (Å²) in [6.07, 6.45) is 0.931. The van der Waals surface area contributed by atoms with Crippen molar-refractivity contribution >= 4 is 28.2 Å². The number of anilines is 2. The lowest BCUT2D eigenvalue weighted by Crippen LogP contribution is -3.15. The fourth-order valence-electron chi connectivity index (χ4n) is 4.05. The second kappa shape index (κ2) is 9.59. The van der Waals surface area contributed by atoms with Gasteiger partial charge in [-0.05, 0) is 35.7 Å². The number of carbonyl (C=O) groups is 1. The van der Waals surface area contributed by atoms with E-state index in [0.29, 0.717) is 12.2 Å². The maximum atomic E-state index is 12.9. The molecule has 4 rings (SSSR count). The molecule has 0 spiro atoms. The Morgan fingerprint density at radius 3 is 2.50 bits per heavy atom. The molecule has 2 amide bonds. The molecule has 1 heterocycles. The number of quaternary nitrogens is 1. The molecule has 1 saturated heterocycles. The van der Waals surface area contributed by atoms with Crippen molar-refractivity contribution in [1.82, 2.24) is 5.32 Å². The first kappa shape index (κ1) is 20.2. The number of rotatable bonds is 6. The molecule has 0 atom stereocenters. The summed E-state index contributed by atoms with van der Waals surface area (Å²) in [6, 6.07) is 20.6. The summed E-state index contributed by atoms with van der Waals surface area (Å²) in [6.45, 7) is 5.96. The Balaban J connectivity index is 1.18. The highest BCUT2D eigenvalue weighted by atomic mass is 19.1. The van der Waals surface area contributed by atoms with Crippen molar-refractivity contribution in [3.8, 4) is 0 Å². The molecule has 0 aromatic heterocycles. The summed E-state index contributed by atoms with van der Waals surface area (Å²) in [5, 5.41) is 8.19. The van der Waals surface area contributed by atoms with Crippen molar-refractivity contribution in [2.24, 2.45) is 0 Å². The highest BCUT2D eigenvalue weighted by Gasteiger charge is 2.20. The van der Waals surface area contributed by atoms with E-state index >= 15 is 0 Å². The SMILES string of the molecule is O=C(NCCC[NH+]1CCN(c2cccc3ccccc23)CC1)Nc1ccc(F)cc1. The van der Waals surface area contributed by atoms with Gasteiger partial charge in [-0.15, -0.1) is 0 Å². The molecule has 0 bridgehead atoms. The number of urea groups is 1. The summed E-state index contributed by atoms with van der Waals surface area (Å²) in [7, 11) is 0. The maximum absolute atomic E-state index is 12.9. The summed E-state index contributed by atoms with van der Waals surface area (Å²) in [5.41, 5.74) is 1.91. The van der Waals surface area contributed by atoms with Crippen molar-refractivity contribution in [3.63, 3.8) is 0 Å². The summed E-state index contributed by atoms with van der Waals surface area (Å²) in [4.78, 5) is 16.0. The third kappa shape index (κ3) is 5.07. The molecule has 3 N–H and O–H groups in total. The van der Waals surface area contributed by atoms with Gasteiger partial charge in [0, 0.05) is 29.7 Å². The van der Waals surface area contributed by atoms with E-state index in [1.165, 1.54) is 28.6 Å². The number of nitrogens with one attached hydrogen (secondary N) is 3. The molecule has 0 unspecified atom stereocenters. The van der Waals surface area contributed by atoms with E-state index in [4.69, 9.17) is 0 Å². The Morgan fingerprint density at radius 1 is 0.967 bits per heavy atom. The Kier molecular flexibility index (Phi) is 6.44. The minimum Gasteiger partial charge on any atom is -0.360 e. The van der Waals surface area contributed by atoms with E-state index in [9.17, 15) is 9.18 Å². The van der Waals surface area contributed by atoms with Crippen LogP contribution in [-0.4, -0.2) is 45.3 Å². The fraction of sp³-hybridized carbons (Fsp3) is 0.292. The van der Waals surface area contributed by atoms with Gasteiger partial charge in [0.2, 0.25) is 0 Å². The van der Waals surface area contributed by atoms with Gasteiger partial charge in [-0.3, -0.25) is 0 Å². The van der Waals surface area contributed by atoms with Crippen LogP contribution in [0.25, 0.3) is 10.8 Å². The third-order valence-electron chi connectivity index (χ3n) is 5.67. The highest BCUT2D eigenvalue weighted by molar-refractivity contribution is 5.94. The zero-order valence-electron chi connectivity index (χ0n) is 17.0. The zero-order chi connectivity index (χ0) is 20.8. The lowest BCUT2D eigenvalue weighted by Gasteiger charge is -2.34. The van der Waals surface area contributed by atoms with E-state index in [2.05, 4.69) is 58.0 Å². The topological polar surface area (TPSA) is 48.8 Å². The van der Waals surface area contributed by atoms with Crippen LogP contribution in [0.5, 0.6) is 0 Å². The molecule has 6 heteroatoms. The Labute approximate surface area is 176 Å². The molecule has 30 heavy (non-hydrogen) atoms. The van der Waals surface area contributed by atoms with E-state index in [1.54, 1.807) is 17.0 Å². The van der Waals surface area contributed by atoms with Crippen LogP contribution in [0, 0.1) is 5.82 Å². The molecule has 1 aliphatic rings. The van der Waals surface area contributed by atoms with Gasteiger partial charge in [-0.1, -0.05) is 36.4 Å². The first-order chi connectivity index (χ1) is 14.7. The van der Waals surface area contributed by atoms with E-state index in [-0.39, 0.29) is 11.8 Å². The molecular formula is C24H28FN4O+. The van der Waals surface area contributed by atoms with Crippen LogP contribution < -0.4 is 20.4 Å². The van der Waals surface area contributed by atoms with Gasteiger partial charge in [0.1, 0.15) is 5.82 Å². The zero-order valence-corrected chi connectivity index (χ0v) is 17.0. The van der Waals surface area contributed by atoms with Gasteiger partial charge in [0.25, 0.3) is 0 Å². The number of carbonyl (C=O) groups excluding carboxylic acids is 1. The van der Waals surface area contributed by atoms with Crippen molar-refractivity contribution < 1.29 is 14.1 Å². The average Bonchev–Trinajstić information content (AvgIpc) is 2.78. The van der Waals surface area contributed by atoms with Crippen LogP contribution in [0.15, 0.2) is 66.7 Å². The summed E-state index contributed by atoms with van der Waals surface area (Å²) < 4.78 is 12.9.